The molecule has 0 atom stereocenters. The van der Waals surface area contributed by atoms with Crippen molar-refractivity contribution in [2.45, 2.75) is 12.8 Å². The van der Waals surface area contributed by atoms with Crippen molar-refractivity contribution in [3.8, 4) is 10.7 Å². The highest BCUT2D eigenvalue weighted by Crippen LogP contribution is 2.28. The van der Waals surface area contributed by atoms with Gasteiger partial charge in [0.25, 0.3) is 6.01 Å². The maximum absolute atomic E-state index is 12.9. The van der Waals surface area contributed by atoms with Gasteiger partial charge in [0.2, 0.25) is 5.91 Å². The fourth-order valence-electron chi connectivity index (χ4n) is 4.19. The highest BCUT2D eigenvalue weighted by molar-refractivity contribution is 7.13. The van der Waals surface area contributed by atoms with Crippen LogP contribution in [0.1, 0.15) is 12.8 Å². The Balaban J connectivity index is 1.11. The molecule has 0 aliphatic carbocycles. The van der Waals surface area contributed by atoms with Crippen molar-refractivity contribution in [1.82, 2.24) is 15.0 Å². The quantitative estimate of drug-likeness (QED) is 0.394. The highest BCUT2D eigenvalue weighted by Gasteiger charge is 2.27. The Morgan fingerprint density at radius 2 is 1.94 bits per heavy atom. The first kappa shape index (κ1) is 19.1. The molecule has 5 aromatic rings. The van der Waals surface area contributed by atoms with Gasteiger partial charge in [-0.05, 0) is 54.6 Å². The minimum absolute atomic E-state index is 0.0326. The number of aromatic nitrogens is 3. The van der Waals surface area contributed by atoms with E-state index < -0.39 is 0 Å². The number of piperidine rings is 1. The molecule has 160 valence electrons. The summed E-state index contributed by atoms with van der Waals surface area (Å²) in [7, 11) is 0. The molecule has 0 saturated carbocycles. The summed E-state index contributed by atoms with van der Waals surface area (Å²) in [6, 6.07) is 18.2. The number of benzene rings is 2. The summed E-state index contributed by atoms with van der Waals surface area (Å²) < 4.78 is 5.87. The van der Waals surface area contributed by atoms with Crippen LogP contribution in [0.15, 0.2) is 64.4 Å². The lowest BCUT2D eigenvalue weighted by atomic mass is 9.96. The van der Waals surface area contributed by atoms with Gasteiger partial charge in [-0.15, -0.1) is 11.3 Å². The van der Waals surface area contributed by atoms with Crippen molar-refractivity contribution in [3.63, 3.8) is 0 Å². The van der Waals surface area contributed by atoms with Gasteiger partial charge in [-0.2, -0.15) is 4.98 Å². The Morgan fingerprint density at radius 1 is 1.06 bits per heavy atom. The largest absolute Gasteiger partial charge is 0.423 e. The summed E-state index contributed by atoms with van der Waals surface area (Å²) in [5, 5.41) is 5.11. The minimum Gasteiger partial charge on any atom is -0.423 e. The molecule has 1 aliphatic heterocycles. The van der Waals surface area contributed by atoms with Gasteiger partial charge in [-0.25, -0.2) is 4.98 Å². The van der Waals surface area contributed by atoms with Crippen molar-refractivity contribution < 1.29 is 9.21 Å². The second-order valence-corrected chi connectivity index (χ2v) is 8.96. The van der Waals surface area contributed by atoms with Crippen LogP contribution in [0.4, 0.5) is 11.7 Å². The number of H-pyrrole nitrogens is 1. The first-order chi connectivity index (χ1) is 15.7. The second kappa shape index (κ2) is 7.80. The Kier molecular flexibility index (Phi) is 4.65. The zero-order chi connectivity index (χ0) is 21.5. The number of oxazole rings is 1. The summed E-state index contributed by atoms with van der Waals surface area (Å²) in [5.74, 6) is 0.874. The van der Waals surface area contributed by atoms with E-state index in [-0.39, 0.29) is 11.8 Å². The van der Waals surface area contributed by atoms with Crippen molar-refractivity contribution in [2.24, 2.45) is 5.92 Å². The van der Waals surface area contributed by atoms with E-state index in [4.69, 9.17) is 4.42 Å². The molecule has 1 fully saturated rings. The van der Waals surface area contributed by atoms with E-state index in [0.29, 0.717) is 6.01 Å². The Hall–Kier alpha value is -3.65. The number of fused-ring (bicyclic) bond motifs is 2. The van der Waals surface area contributed by atoms with Crippen LogP contribution in [0.25, 0.3) is 32.8 Å². The number of imidazole rings is 1. The van der Waals surface area contributed by atoms with Crippen LogP contribution in [0.5, 0.6) is 0 Å². The third-order valence-electron chi connectivity index (χ3n) is 5.92. The molecule has 1 aliphatic rings. The molecule has 8 heteroatoms. The van der Waals surface area contributed by atoms with E-state index in [1.54, 1.807) is 11.3 Å². The number of hydrogen-bond donors (Lipinski definition) is 2. The van der Waals surface area contributed by atoms with E-state index in [1.165, 1.54) is 0 Å². The van der Waals surface area contributed by atoms with Gasteiger partial charge in [-0.1, -0.05) is 18.2 Å². The monoisotopic (exact) mass is 443 g/mol. The lowest BCUT2D eigenvalue weighted by molar-refractivity contribution is -0.120. The average molecular weight is 444 g/mol. The lowest BCUT2D eigenvalue weighted by Gasteiger charge is -2.30. The summed E-state index contributed by atoms with van der Waals surface area (Å²) in [6.45, 7) is 1.49. The van der Waals surface area contributed by atoms with Crippen LogP contribution in [0.2, 0.25) is 0 Å². The molecular weight excluding hydrogens is 422 g/mol. The summed E-state index contributed by atoms with van der Waals surface area (Å²) >= 11 is 1.65. The Bertz CT molecular complexity index is 1360. The number of para-hydroxylation sites is 2. The van der Waals surface area contributed by atoms with Crippen LogP contribution >= 0.6 is 11.3 Å². The van der Waals surface area contributed by atoms with Crippen LogP contribution in [0, 0.1) is 5.92 Å². The third-order valence-corrected chi connectivity index (χ3v) is 6.80. The van der Waals surface area contributed by atoms with Crippen LogP contribution in [-0.2, 0) is 4.79 Å². The van der Waals surface area contributed by atoms with E-state index >= 15 is 0 Å². The summed E-state index contributed by atoms with van der Waals surface area (Å²) in [6.07, 6.45) is 1.53. The maximum Gasteiger partial charge on any atom is 0.298 e. The van der Waals surface area contributed by atoms with Gasteiger partial charge in [0, 0.05) is 24.7 Å². The molecule has 2 N–H and O–H groups in total. The molecule has 32 heavy (non-hydrogen) atoms. The van der Waals surface area contributed by atoms with Gasteiger partial charge in [0.05, 0.1) is 15.9 Å². The lowest BCUT2D eigenvalue weighted by Crippen LogP contribution is -2.38. The molecule has 0 radical (unpaired) electrons. The molecule has 1 saturated heterocycles. The number of nitrogens with one attached hydrogen (secondary N) is 2. The molecule has 7 nitrogen and oxygen atoms in total. The number of carbonyl (C=O) groups is 1. The fraction of sp³-hybridized carbons (Fsp3) is 0.208. The zero-order valence-corrected chi connectivity index (χ0v) is 18.1. The Labute approximate surface area is 188 Å². The van der Waals surface area contributed by atoms with E-state index in [2.05, 4.69) is 25.2 Å². The standard InChI is InChI=1S/C24H21N5O2S/c30-23(15-9-11-29(12-10-15)24-28-18-4-1-2-5-20(18)31-24)25-16-7-8-17-19(14-16)27-22(26-17)21-6-3-13-32-21/h1-8,13-15H,9-12H2,(H,25,30)(H,26,27). The molecule has 4 heterocycles. The van der Waals surface area contributed by atoms with Gasteiger partial charge in [0.1, 0.15) is 11.3 Å². The molecule has 0 spiro atoms. The predicted octanol–water partition coefficient (Wildman–Crippen LogP) is 5.29. The molecule has 0 bridgehead atoms. The number of rotatable bonds is 4. The van der Waals surface area contributed by atoms with E-state index in [9.17, 15) is 4.79 Å². The zero-order valence-electron chi connectivity index (χ0n) is 17.2. The number of thiophene rings is 1. The maximum atomic E-state index is 12.9. The number of anilines is 2. The number of amides is 1. The number of aromatic amines is 1. The van der Waals surface area contributed by atoms with Gasteiger partial charge < -0.3 is 19.6 Å². The highest BCUT2D eigenvalue weighted by atomic mass is 32.1. The van der Waals surface area contributed by atoms with Crippen molar-refractivity contribution in [2.75, 3.05) is 23.3 Å². The molecule has 2 aromatic carbocycles. The van der Waals surface area contributed by atoms with Crippen LogP contribution in [-0.4, -0.2) is 33.9 Å². The first-order valence-corrected chi connectivity index (χ1v) is 11.6. The van der Waals surface area contributed by atoms with Crippen molar-refractivity contribution in [3.05, 3.63) is 60.0 Å². The minimum atomic E-state index is -0.0326. The predicted molar refractivity (Wildman–Crippen MR) is 127 cm³/mol. The smallest absolute Gasteiger partial charge is 0.298 e. The molecule has 0 unspecified atom stereocenters. The summed E-state index contributed by atoms with van der Waals surface area (Å²) in [5.41, 5.74) is 4.23. The molecule has 6 rings (SSSR count). The number of hydrogen-bond acceptors (Lipinski definition) is 6. The number of carbonyl (C=O) groups excluding carboxylic acids is 1. The van der Waals surface area contributed by atoms with Gasteiger partial charge in [0.15, 0.2) is 5.58 Å². The van der Waals surface area contributed by atoms with Gasteiger partial charge in [-0.3, -0.25) is 4.79 Å². The van der Waals surface area contributed by atoms with Crippen LogP contribution in [0.3, 0.4) is 0 Å². The second-order valence-electron chi connectivity index (χ2n) is 8.01. The molecule has 1 amide bonds. The van der Waals surface area contributed by atoms with Crippen LogP contribution < -0.4 is 10.2 Å². The third kappa shape index (κ3) is 3.52. The Morgan fingerprint density at radius 3 is 2.75 bits per heavy atom. The average Bonchev–Trinajstić information content (AvgIpc) is 3.57. The van der Waals surface area contributed by atoms with Crippen molar-refractivity contribution in [1.29, 1.82) is 0 Å². The topological polar surface area (TPSA) is 87.0 Å². The first-order valence-electron chi connectivity index (χ1n) is 10.7. The van der Waals surface area contributed by atoms with Gasteiger partial charge >= 0.3 is 0 Å². The summed E-state index contributed by atoms with van der Waals surface area (Å²) in [4.78, 5) is 28.7. The van der Waals surface area contributed by atoms with E-state index in [0.717, 1.165) is 64.5 Å². The SMILES string of the molecule is O=C(Nc1ccc2nc(-c3cccs3)[nH]c2c1)C1CCN(c2nc3ccccc3o2)CC1. The molecule has 3 aromatic heterocycles. The van der Waals surface area contributed by atoms with Crippen molar-refractivity contribution >= 4 is 51.1 Å². The fourth-order valence-corrected chi connectivity index (χ4v) is 4.86. The van der Waals surface area contributed by atoms with E-state index in [1.807, 2.05) is 60.0 Å². The normalized spacial score (nSPS) is 14.9. The number of nitrogens with zero attached hydrogens (tertiary/aromatic N) is 3. The molecular formula is C24H21N5O2S.